The molecule has 0 amide bonds. The Morgan fingerprint density at radius 2 is 0.737 bits per heavy atom. The van der Waals surface area contributed by atoms with E-state index in [0.717, 1.165) is 0 Å². The zero-order valence-electron chi connectivity index (χ0n) is 7.85. The van der Waals surface area contributed by atoms with Crippen LogP contribution in [-0.4, -0.2) is 37.0 Å². The van der Waals surface area contributed by atoms with Gasteiger partial charge in [-0.1, -0.05) is 0 Å². The second kappa shape index (κ2) is 8.36. The Hall–Kier alpha value is 0.0519. The minimum absolute atomic E-state index is 2.51. The van der Waals surface area contributed by atoms with Gasteiger partial charge in [0.2, 0.25) is 0 Å². The van der Waals surface area contributed by atoms with E-state index in [4.69, 9.17) is 30.4 Å². The van der Waals surface area contributed by atoms with Crippen LogP contribution in [0.2, 0.25) is 0 Å². The Morgan fingerprint density at radius 1 is 0.684 bits per heavy atom. The molecule has 0 saturated heterocycles. The predicted octanol–water partition coefficient (Wildman–Crippen LogP) is -0.135. The number of rotatable bonds is 0. The molecular formula is C2F6O8S2U. The van der Waals surface area contributed by atoms with Gasteiger partial charge in [-0.15, -0.1) is 0 Å². The van der Waals surface area contributed by atoms with Crippen molar-refractivity contribution in [2.24, 2.45) is 0 Å². The molecule has 0 saturated carbocycles. The van der Waals surface area contributed by atoms with Crippen LogP contribution in [0, 0.1) is 27.8 Å². The number of halogens is 6. The molecular weight excluding hydrogens is 568 g/mol. The first kappa shape index (κ1) is 24.1. The molecule has 0 aliphatic carbocycles. The van der Waals surface area contributed by atoms with Gasteiger partial charge in [0.25, 0.3) is 0 Å². The molecule has 0 radical (unpaired) electrons. The third-order valence-corrected chi connectivity index (χ3v) is 1.70. The van der Waals surface area contributed by atoms with E-state index in [1.807, 2.05) is 0 Å². The molecule has 0 atom stereocenters. The van der Waals surface area contributed by atoms with Crippen LogP contribution in [0.3, 0.4) is 0 Å². The normalized spacial score (nSPS) is 12.2. The van der Waals surface area contributed by atoms with Gasteiger partial charge in [0, 0.05) is 0 Å². The second-order valence-electron chi connectivity index (χ2n) is 1.88. The van der Waals surface area contributed by atoms with E-state index >= 15 is 0 Å². The Labute approximate surface area is 115 Å². The summed E-state index contributed by atoms with van der Waals surface area (Å²) in [5.41, 5.74) is -11.3. The maximum atomic E-state index is 10.7. The molecule has 0 unspecified atom stereocenters. The Kier molecular flexibility index (Phi) is 10.6. The molecule has 0 N–H and O–H groups in total. The third-order valence-electron chi connectivity index (χ3n) is 0.567. The van der Waals surface area contributed by atoms with Crippen LogP contribution in [-0.2, 0) is 24.7 Å². The Bertz CT molecular complexity index is 450. The summed E-state index contributed by atoms with van der Waals surface area (Å²) in [5.74, 6) is 0. The molecule has 0 aromatic heterocycles. The van der Waals surface area contributed by atoms with Crippen molar-refractivity contribution in [2.45, 2.75) is 11.0 Å². The summed E-state index contributed by atoms with van der Waals surface area (Å²) in [6.45, 7) is 0. The molecule has 17 heteroatoms. The van der Waals surface area contributed by atoms with Crippen LogP contribution < -0.4 is 0 Å². The summed E-state index contributed by atoms with van der Waals surface area (Å²) < 4.78 is 135. The molecule has 0 bridgehead atoms. The molecule has 0 fully saturated rings. The fraction of sp³-hybridized carbons (Fsp3) is 1.00. The second-order valence-corrected chi connectivity index (χ2v) is 5.32. The van der Waals surface area contributed by atoms with Crippen LogP contribution in [0.15, 0.2) is 0 Å². The molecule has 0 heterocycles. The first-order valence-electron chi connectivity index (χ1n) is 2.95. The van der Waals surface area contributed by atoms with E-state index in [9.17, 15) is 26.3 Å². The number of alkyl halides is 6. The van der Waals surface area contributed by atoms with Gasteiger partial charge >= 0.3 is 43.3 Å². The minimum atomic E-state index is -6.09. The molecule has 8 nitrogen and oxygen atoms in total. The van der Waals surface area contributed by atoms with Crippen molar-refractivity contribution in [2.75, 3.05) is 0 Å². The summed E-state index contributed by atoms with van der Waals surface area (Å²) in [7, 11) is -12.2. The van der Waals surface area contributed by atoms with Crippen molar-refractivity contribution in [3.63, 3.8) is 0 Å². The molecule has 0 aromatic rings. The molecule has 0 aromatic carbocycles. The Morgan fingerprint density at radius 3 is 0.737 bits per heavy atom. The Balaban J connectivity index is -0.000000224. The van der Waals surface area contributed by atoms with Crippen LogP contribution in [0.25, 0.3) is 0 Å². The van der Waals surface area contributed by atoms with Gasteiger partial charge in [0.05, 0.1) is 0 Å². The van der Waals surface area contributed by atoms with Gasteiger partial charge in [-0.25, -0.2) is 16.8 Å². The van der Waals surface area contributed by atoms with Crippen LogP contribution in [0.1, 0.15) is 0 Å². The van der Waals surface area contributed by atoms with E-state index in [1.165, 1.54) is 0 Å². The van der Waals surface area contributed by atoms with Crippen molar-refractivity contribution in [3.8, 4) is 0 Å². The van der Waals surface area contributed by atoms with Crippen LogP contribution in [0.5, 0.6) is 0 Å². The van der Waals surface area contributed by atoms with Gasteiger partial charge in [-0.05, 0) is 0 Å². The summed E-state index contributed by atoms with van der Waals surface area (Å²) in [5, 5.41) is 0. The van der Waals surface area contributed by atoms with E-state index in [-0.39, 0.29) is 0 Å². The van der Waals surface area contributed by atoms with E-state index in [1.54, 1.807) is 0 Å². The number of hydrogen-bond donors (Lipinski definition) is 0. The van der Waals surface area contributed by atoms with Gasteiger partial charge in [0.15, 0.2) is 20.2 Å². The molecule has 114 valence electrons. The maximum absolute atomic E-state index is 10.7. The molecule has 19 heavy (non-hydrogen) atoms. The van der Waals surface area contributed by atoms with Crippen molar-refractivity contribution < 1.29 is 84.6 Å². The topological polar surface area (TPSA) is 149 Å². The van der Waals surface area contributed by atoms with E-state index in [0.29, 0.717) is 0 Å². The van der Waals surface area contributed by atoms with Gasteiger partial charge in [0.1, 0.15) is 0 Å². The van der Waals surface area contributed by atoms with Gasteiger partial charge < -0.3 is 9.11 Å². The molecule has 0 spiro atoms. The number of hydrogen-bond acceptors (Lipinski definition) is 8. The summed E-state index contributed by atoms with van der Waals surface area (Å²) in [6, 6.07) is 0. The van der Waals surface area contributed by atoms with Gasteiger partial charge in [-0.2, -0.15) is 26.3 Å². The summed E-state index contributed by atoms with van der Waals surface area (Å²) >= 11 is -2.51. The van der Waals surface area contributed by atoms with Crippen molar-refractivity contribution in [3.05, 3.63) is 0 Å². The summed E-state index contributed by atoms with van der Waals surface area (Å²) in [6.07, 6.45) is 0. The average Bonchev–Trinajstić information content (AvgIpc) is 1.97. The molecule has 0 aliphatic rings. The average molecular weight is 568 g/mol. The quantitative estimate of drug-likeness (QED) is 0.223. The SMILES string of the molecule is O=S(=O)([O-])C(F)(F)F.O=S(=O)([O-])C(F)(F)F.[O]=[U+2]=[O]. The van der Waals surface area contributed by atoms with Crippen molar-refractivity contribution >= 4 is 20.2 Å². The van der Waals surface area contributed by atoms with Crippen LogP contribution in [0.4, 0.5) is 26.3 Å². The predicted molar refractivity (Wildman–Crippen MR) is 32.9 cm³/mol. The third kappa shape index (κ3) is 14.3. The standard InChI is InChI=1S/2CHF3O3S.2O.U/c2*2-1(3,4)8(5,6)7;;;/h2*(H,5,6,7);;;/q;;;;+2/p-2. The monoisotopic (exact) mass is 568 g/mol. The molecule has 0 aliphatic heterocycles. The van der Waals surface area contributed by atoms with Crippen molar-refractivity contribution in [1.82, 2.24) is 0 Å². The van der Waals surface area contributed by atoms with E-state index in [2.05, 4.69) is 0 Å². The molecule has 0 rings (SSSR count). The zero-order valence-corrected chi connectivity index (χ0v) is 13.6. The first-order chi connectivity index (χ1) is 7.91. The fourth-order valence-corrected chi connectivity index (χ4v) is 0. The first-order valence-corrected chi connectivity index (χ1v) is 9.17. The van der Waals surface area contributed by atoms with Gasteiger partial charge in [-0.3, -0.25) is 0 Å². The summed E-state index contributed by atoms with van der Waals surface area (Å²) in [4.78, 5) is 0. The van der Waals surface area contributed by atoms with Crippen LogP contribution >= 0.6 is 0 Å². The zero-order chi connectivity index (χ0) is 16.7. The van der Waals surface area contributed by atoms with E-state index < -0.39 is 59.1 Å². The van der Waals surface area contributed by atoms with Crippen molar-refractivity contribution in [1.29, 1.82) is 0 Å². The fourth-order valence-electron chi connectivity index (χ4n) is 0.